The molecule has 0 aromatic heterocycles. The lowest BCUT2D eigenvalue weighted by Crippen LogP contribution is -2.12. The topological polar surface area (TPSA) is 26.0 Å². The molecule has 3 rings (SSSR count). The number of benzene rings is 3. The van der Waals surface area contributed by atoms with Crippen LogP contribution in [0, 0.1) is 13.8 Å². The number of halogens is 1. The average molecular weight is 340 g/mol. The van der Waals surface area contributed by atoms with E-state index in [0.717, 1.165) is 10.0 Å². The van der Waals surface area contributed by atoms with Crippen LogP contribution >= 0.6 is 15.9 Å². The van der Waals surface area contributed by atoms with Crippen molar-refractivity contribution >= 4 is 26.7 Å². The second-order valence-electron chi connectivity index (χ2n) is 5.65. The van der Waals surface area contributed by atoms with Gasteiger partial charge < -0.3 is 5.73 Å². The molecule has 0 heterocycles. The fourth-order valence-corrected chi connectivity index (χ4v) is 3.19. The van der Waals surface area contributed by atoms with Gasteiger partial charge in [0.05, 0.1) is 6.04 Å². The molecule has 21 heavy (non-hydrogen) atoms. The minimum Gasteiger partial charge on any atom is -0.320 e. The van der Waals surface area contributed by atoms with Crippen LogP contribution in [0.3, 0.4) is 0 Å². The predicted molar refractivity (Wildman–Crippen MR) is 93.6 cm³/mol. The molecule has 0 aliphatic heterocycles. The molecule has 1 nitrogen and oxygen atoms in total. The second-order valence-corrected chi connectivity index (χ2v) is 6.57. The lowest BCUT2D eigenvalue weighted by atomic mass is 9.95. The molecule has 0 spiro atoms. The van der Waals surface area contributed by atoms with Gasteiger partial charge in [-0.25, -0.2) is 0 Å². The number of hydrogen-bond donors (Lipinski definition) is 1. The summed E-state index contributed by atoms with van der Waals surface area (Å²) in [6.45, 7) is 4.22. The monoisotopic (exact) mass is 339 g/mol. The highest BCUT2D eigenvalue weighted by molar-refractivity contribution is 9.10. The summed E-state index contributed by atoms with van der Waals surface area (Å²) in [7, 11) is 0. The number of hydrogen-bond acceptors (Lipinski definition) is 1. The van der Waals surface area contributed by atoms with E-state index in [1.54, 1.807) is 0 Å². The van der Waals surface area contributed by atoms with Crippen molar-refractivity contribution in [2.45, 2.75) is 19.9 Å². The molecule has 0 fully saturated rings. The van der Waals surface area contributed by atoms with Crippen LogP contribution in [0.1, 0.15) is 28.3 Å². The Kier molecular flexibility index (Phi) is 3.83. The fourth-order valence-electron chi connectivity index (χ4n) is 2.81. The summed E-state index contributed by atoms with van der Waals surface area (Å²) in [5.41, 5.74) is 11.3. The van der Waals surface area contributed by atoms with Crippen molar-refractivity contribution in [1.29, 1.82) is 0 Å². The lowest BCUT2D eigenvalue weighted by Gasteiger charge is -2.15. The molecular formula is C19H18BrN. The summed E-state index contributed by atoms with van der Waals surface area (Å²) >= 11 is 3.51. The Morgan fingerprint density at radius 3 is 2.10 bits per heavy atom. The third-order valence-corrected chi connectivity index (χ3v) is 4.28. The van der Waals surface area contributed by atoms with Crippen molar-refractivity contribution in [2.24, 2.45) is 5.73 Å². The van der Waals surface area contributed by atoms with Gasteiger partial charge in [-0.05, 0) is 53.9 Å². The zero-order valence-electron chi connectivity index (χ0n) is 12.2. The highest BCUT2D eigenvalue weighted by Crippen LogP contribution is 2.26. The van der Waals surface area contributed by atoms with E-state index in [2.05, 4.69) is 84.4 Å². The minimum absolute atomic E-state index is 0.0864. The molecule has 0 saturated carbocycles. The fraction of sp³-hybridized carbons (Fsp3) is 0.158. The summed E-state index contributed by atoms with van der Waals surface area (Å²) in [4.78, 5) is 0. The van der Waals surface area contributed by atoms with E-state index in [0.29, 0.717) is 0 Å². The molecular weight excluding hydrogens is 322 g/mol. The molecule has 3 aromatic rings. The lowest BCUT2D eigenvalue weighted by molar-refractivity contribution is 0.870. The van der Waals surface area contributed by atoms with Crippen LogP contribution in [0.4, 0.5) is 0 Å². The Hall–Kier alpha value is -1.64. The van der Waals surface area contributed by atoms with Crippen LogP contribution in [-0.4, -0.2) is 0 Å². The number of fused-ring (bicyclic) bond motifs is 1. The summed E-state index contributed by atoms with van der Waals surface area (Å²) < 4.78 is 1.10. The minimum atomic E-state index is -0.0864. The Labute approximate surface area is 133 Å². The van der Waals surface area contributed by atoms with E-state index in [1.165, 1.54) is 27.5 Å². The third-order valence-electron chi connectivity index (χ3n) is 3.79. The van der Waals surface area contributed by atoms with E-state index in [-0.39, 0.29) is 6.04 Å². The molecule has 0 aliphatic rings. The number of nitrogens with two attached hydrogens (primary N) is 1. The van der Waals surface area contributed by atoms with E-state index in [4.69, 9.17) is 5.73 Å². The van der Waals surface area contributed by atoms with Crippen molar-refractivity contribution in [1.82, 2.24) is 0 Å². The second kappa shape index (κ2) is 5.63. The van der Waals surface area contributed by atoms with Gasteiger partial charge in [0.15, 0.2) is 0 Å². The molecule has 3 aromatic carbocycles. The van der Waals surface area contributed by atoms with E-state index >= 15 is 0 Å². The van der Waals surface area contributed by atoms with Gasteiger partial charge in [-0.2, -0.15) is 0 Å². The summed E-state index contributed by atoms with van der Waals surface area (Å²) in [6.07, 6.45) is 0. The standard InChI is InChI=1S/C19H18BrN/c1-12-7-13(2)9-17(8-12)19(21)16-4-3-15-11-18(20)6-5-14(15)10-16/h3-11,19H,21H2,1-2H3. The van der Waals surface area contributed by atoms with Gasteiger partial charge in [0.1, 0.15) is 0 Å². The smallest absolute Gasteiger partial charge is 0.0552 e. The number of aryl methyl sites for hydroxylation is 2. The first-order chi connectivity index (χ1) is 10.0. The Morgan fingerprint density at radius 2 is 1.38 bits per heavy atom. The third kappa shape index (κ3) is 3.02. The van der Waals surface area contributed by atoms with Gasteiger partial charge in [-0.15, -0.1) is 0 Å². The molecule has 1 unspecified atom stereocenters. The van der Waals surface area contributed by atoms with Crippen LogP contribution in [0.15, 0.2) is 59.1 Å². The van der Waals surface area contributed by atoms with Crippen molar-refractivity contribution in [3.05, 3.63) is 81.3 Å². The zero-order valence-corrected chi connectivity index (χ0v) is 13.8. The summed E-state index contributed by atoms with van der Waals surface area (Å²) in [5, 5.41) is 2.44. The molecule has 0 amide bonds. The van der Waals surface area contributed by atoms with Gasteiger partial charge in [0.2, 0.25) is 0 Å². The molecule has 0 bridgehead atoms. The highest BCUT2D eigenvalue weighted by atomic mass is 79.9. The van der Waals surface area contributed by atoms with Gasteiger partial charge >= 0.3 is 0 Å². The molecule has 106 valence electrons. The molecule has 2 heteroatoms. The summed E-state index contributed by atoms with van der Waals surface area (Å²) in [6, 6.07) is 19.2. The van der Waals surface area contributed by atoms with Crippen LogP contribution in [0.2, 0.25) is 0 Å². The first-order valence-electron chi connectivity index (χ1n) is 7.06. The molecule has 0 saturated heterocycles. The van der Waals surface area contributed by atoms with Gasteiger partial charge in [-0.3, -0.25) is 0 Å². The molecule has 0 aliphatic carbocycles. The normalized spacial score (nSPS) is 12.6. The predicted octanol–water partition coefficient (Wildman–Crippen LogP) is 5.27. The van der Waals surface area contributed by atoms with Crippen LogP contribution in [-0.2, 0) is 0 Å². The van der Waals surface area contributed by atoms with E-state index in [1.807, 2.05) is 0 Å². The molecule has 0 radical (unpaired) electrons. The first-order valence-corrected chi connectivity index (χ1v) is 7.85. The Balaban J connectivity index is 2.04. The van der Waals surface area contributed by atoms with Crippen LogP contribution < -0.4 is 5.73 Å². The van der Waals surface area contributed by atoms with Crippen LogP contribution in [0.25, 0.3) is 10.8 Å². The van der Waals surface area contributed by atoms with Crippen molar-refractivity contribution < 1.29 is 0 Å². The van der Waals surface area contributed by atoms with Crippen molar-refractivity contribution in [3.8, 4) is 0 Å². The first kappa shape index (κ1) is 14.3. The highest BCUT2D eigenvalue weighted by Gasteiger charge is 2.10. The van der Waals surface area contributed by atoms with E-state index < -0.39 is 0 Å². The maximum absolute atomic E-state index is 6.47. The van der Waals surface area contributed by atoms with Gasteiger partial charge in [-0.1, -0.05) is 63.5 Å². The molecule has 1 atom stereocenters. The van der Waals surface area contributed by atoms with Gasteiger partial charge in [0.25, 0.3) is 0 Å². The maximum Gasteiger partial charge on any atom is 0.0552 e. The molecule has 2 N–H and O–H groups in total. The van der Waals surface area contributed by atoms with Gasteiger partial charge in [0, 0.05) is 4.47 Å². The van der Waals surface area contributed by atoms with E-state index in [9.17, 15) is 0 Å². The zero-order chi connectivity index (χ0) is 15.0. The van der Waals surface area contributed by atoms with Crippen molar-refractivity contribution in [3.63, 3.8) is 0 Å². The largest absolute Gasteiger partial charge is 0.320 e. The maximum atomic E-state index is 6.47. The number of rotatable bonds is 2. The average Bonchev–Trinajstić information content (AvgIpc) is 2.45. The van der Waals surface area contributed by atoms with Crippen LogP contribution in [0.5, 0.6) is 0 Å². The quantitative estimate of drug-likeness (QED) is 0.676. The SMILES string of the molecule is Cc1cc(C)cc(C(N)c2ccc3cc(Br)ccc3c2)c1. The van der Waals surface area contributed by atoms with Crippen molar-refractivity contribution in [2.75, 3.05) is 0 Å². The Bertz CT molecular complexity index is 788. The Morgan fingerprint density at radius 1 is 0.762 bits per heavy atom. The summed E-state index contributed by atoms with van der Waals surface area (Å²) in [5.74, 6) is 0.